The normalized spacial score (nSPS) is 23.8. The quantitative estimate of drug-likeness (QED) is 0.906. The highest BCUT2D eigenvalue weighted by atomic mass is 32.2. The summed E-state index contributed by atoms with van der Waals surface area (Å²) in [7, 11) is 2.26. The molecule has 0 bridgehead atoms. The smallest absolute Gasteiger partial charge is 0.0583 e. The van der Waals surface area contributed by atoms with Crippen LogP contribution < -0.4 is 5.32 Å². The lowest BCUT2D eigenvalue weighted by Gasteiger charge is -2.38. The van der Waals surface area contributed by atoms with Crippen LogP contribution in [0.5, 0.6) is 0 Å². The monoisotopic (exact) mass is 270 g/mol. The third-order valence-electron chi connectivity index (χ3n) is 3.44. The van der Waals surface area contributed by atoms with E-state index in [-0.39, 0.29) is 0 Å². The first kappa shape index (κ1) is 13.4. The summed E-state index contributed by atoms with van der Waals surface area (Å²) in [6.07, 6.45) is 0. The van der Waals surface area contributed by atoms with Crippen LogP contribution in [0, 0.1) is 6.92 Å². The van der Waals surface area contributed by atoms with Crippen LogP contribution in [0.3, 0.4) is 0 Å². The van der Waals surface area contributed by atoms with Gasteiger partial charge in [-0.05, 0) is 37.5 Å². The number of aryl methyl sites for hydroxylation is 1. The summed E-state index contributed by atoms with van der Waals surface area (Å²) in [5.41, 5.74) is 1.44. The van der Waals surface area contributed by atoms with Crippen molar-refractivity contribution in [1.82, 2.24) is 10.2 Å². The molecule has 17 heavy (non-hydrogen) atoms. The van der Waals surface area contributed by atoms with Gasteiger partial charge in [0.2, 0.25) is 0 Å². The molecule has 2 heterocycles. The molecule has 2 nitrogen and oxygen atoms in total. The van der Waals surface area contributed by atoms with E-state index in [2.05, 4.69) is 54.3 Å². The maximum Gasteiger partial charge on any atom is 0.0583 e. The van der Waals surface area contributed by atoms with Gasteiger partial charge >= 0.3 is 0 Å². The molecule has 0 aromatic carbocycles. The molecule has 1 aromatic rings. The Morgan fingerprint density at radius 2 is 2.41 bits per heavy atom. The van der Waals surface area contributed by atoms with E-state index in [0.29, 0.717) is 12.1 Å². The molecule has 1 aromatic heterocycles. The molecule has 2 unspecified atom stereocenters. The van der Waals surface area contributed by atoms with Crippen LogP contribution in [0.4, 0.5) is 0 Å². The fourth-order valence-electron chi connectivity index (χ4n) is 2.38. The van der Waals surface area contributed by atoms with Crippen molar-refractivity contribution in [3.63, 3.8) is 0 Å². The van der Waals surface area contributed by atoms with E-state index < -0.39 is 0 Å². The van der Waals surface area contributed by atoms with Gasteiger partial charge in [0.15, 0.2) is 0 Å². The molecule has 1 fully saturated rings. The maximum atomic E-state index is 3.68. The molecule has 2 rings (SSSR count). The van der Waals surface area contributed by atoms with Gasteiger partial charge in [0.1, 0.15) is 0 Å². The maximum absolute atomic E-state index is 3.68. The van der Waals surface area contributed by atoms with Crippen LogP contribution in [0.25, 0.3) is 0 Å². The van der Waals surface area contributed by atoms with Gasteiger partial charge in [-0.25, -0.2) is 0 Å². The van der Waals surface area contributed by atoms with E-state index in [1.807, 2.05) is 11.3 Å². The molecule has 96 valence electrons. The second kappa shape index (κ2) is 6.23. The Balaban J connectivity index is 2.19. The SMILES string of the molecule is CCNC(c1sccc1C)C1CSCCN1C. The summed E-state index contributed by atoms with van der Waals surface area (Å²) < 4.78 is 0. The Hall–Kier alpha value is -0.0300. The lowest BCUT2D eigenvalue weighted by Crippen LogP contribution is -2.47. The van der Waals surface area contributed by atoms with Crippen LogP contribution in [0.2, 0.25) is 0 Å². The number of hydrogen-bond donors (Lipinski definition) is 1. The molecule has 0 radical (unpaired) electrons. The van der Waals surface area contributed by atoms with Gasteiger partial charge in [0.05, 0.1) is 6.04 Å². The van der Waals surface area contributed by atoms with Crippen molar-refractivity contribution in [3.8, 4) is 0 Å². The first-order valence-electron chi connectivity index (χ1n) is 6.29. The number of likely N-dealkylation sites (N-methyl/N-ethyl adjacent to an activating group) is 2. The summed E-state index contributed by atoms with van der Waals surface area (Å²) in [6, 6.07) is 3.36. The molecule has 4 heteroatoms. The zero-order valence-corrected chi connectivity index (χ0v) is 12.5. The molecule has 1 aliphatic rings. The summed E-state index contributed by atoms with van der Waals surface area (Å²) in [5.74, 6) is 2.51. The zero-order chi connectivity index (χ0) is 12.3. The van der Waals surface area contributed by atoms with Crippen molar-refractivity contribution in [2.75, 3.05) is 31.6 Å². The number of thioether (sulfide) groups is 1. The Kier molecular flexibility index (Phi) is 4.91. The second-order valence-electron chi connectivity index (χ2n) is 4.63. The van der Waals surface area contributed by atoms with Crippen LogP contribution in [0.1, 0.15) is 23.4 Å². The van der Waals surface area contributed by atoms with Crippen LogP contribution in [0.15, 0.2) is 11.4 Å². The van der Waals surface area contributed by atoms with Gasteiger partial charge in [-0.15, -0.1) is 11.3 Å². The van der Waals surface area contributed by atoms with Gasteiger partial charge < -0.3 is 5.32 Å². The van der Waals surface area contributed by atoms with E-state index in [4.69, 9.17) is 0 Å². The Morgan fingerprint density at radius 3 is 3.00 bits per heavy atom. The average molecular weight is 270 g/mol. The van der Waals surface area contributed by atoms with Gasteiger partial charge in [-0.1, -0.05) is 6.92 Å². The highest BCUT2D eigenvalue weighted by Crippen LogP contribution is 2.31. The molecular weight excluding hydrogens is 248 g/mol. The van der Waals surface area contributed by atoms with E-state index in [1.54, 1.807) is 0 Å². The number of hydrogen-bond acceptors (Lipinski definition) is 4. The minimum atomic E-state index is 0.498. The Bertz CT molecular complexity index is 351. The van der Waals surface area contributed by atoms with Gasteiger partial charge in [0, 0.05) is 29.0 Å². The summed E-state index contributed by atoms with van der Waals surface area (Å²) >= 11 is 3.98. The first-order valence-corrected chi connectivity index (χ1v) is 8.32. The largest absolute Gasteiger partial charge is 0.308 e. The molecule has 1 N–H and O–H groups in total. The van der Waals surface area contributed by atoms with Crippen molar-refractivity contribution >= 4 is 23.1 Å². The van der Waals surface area contributed by atoms with E-state index in [1.165, 1.54) is 28.5 Å². The van der Waals surface area contributed by atoms with Crippen molar-refractivity contribution in [2.24, 2.45) is 0 Å². The lowest BCUT2D eigenvalue weighted by atomic mass is 10.0. The van der Waals surface area contributed by atoms with Crippen molar-refractivity contribution < 1.29 is 0 Å². The standard InChI is InChI=1S/C13H22N2S2/c1-4-14-12(13-10(2)5-7-17-13)11-9-16-8-6-15(11)3/h5,7,11-12,14H,4,6,8-9H2,1-3H3. The highest BCUT2D eigenvalue weighted by molar-refractivity contribution is 7.99. The van der Waals surface area contributed by atoms with E-state index in [9.17, 15) is 0 Å². The molecule has 1 aliphatic heterocycles. The predicted octanol–water partition coefficient (Wildman–Crippen LogP) is 2.75. The molecular formula is C13H22N2S2. The summed E-state index contributed by atoms with van der Waals surface area (Å²) in [6.45, 7) is 6.68. The van der Waals surface area contributed by atoms with Crippen LogP contribution in [-0.2, 0) is 0 Å². The fraction of sp³-hybridized carbons (Fsp3) is 0.692. The minimum Gasteiger partial charge on any atom is -0.308 e. The summed E-state index contributed by atoms with van der Waals surface area (Å²) in [5, 5.41) is 5.89. The topological polar surface area (TPSA) is 15.3 Å². The number of nitrogens with zero attached hydrogens (tertiary/aromatic N) is 1. The first-order chi connectivity index (χ1) is 8.24. The molecule has 2 atom stereocenters. The number of thiophene rings is 1. The molecule has 1 saturated heterocycles. The molecule has 0 saturated carbocycles. The average Bonchev–Trinajstić information content (AvgIpc) is 2.74. The zero-order valence-electron chi connectivity index (χ0n) is 10.9. The number of nitrogens with one attached hydrogen (secondary N) is 1. The Labute approximate surface area is 113 Å². The highest BCUT2D eigenvalue weighted by Gasteiger charge is 2.30. The minimum absolute atomic E-state index is 0.498. The van der Waals surface area contributed by atoms with Crippen molar-refractivity contribution in [2.45, 2.75) is 25.9 Å². The second-order valence-corrected chi connectivity index (χ2v) is 6.72. The fourth-order valence-corrected chi connectivity index (χ4v) is 4.71. The third kappa shape index (κ3) is 3.05. The van der Waals surface area contributed by atoms with Gasteiger partial charge in [-0.3, -0.25) is 4.90 Å². The van der Waals surface area contributed by atoms with E-state index >= 15 is 0 Å². The van der Waals surface area contributed by atoms with Crippen LogP contribution >= 0.6 is 23.1 Å². The molecule has 0 amide bonds. The van der Waals surface area contributed by atoms with Crippen LogP contribution in [-0.4, -0.2) is 42.6 Å². The van der Waals surface area contributed by atoms with Crippen molar-refractivity contribution in [1.29, 1.82) is 0 Å². The van der Waals surface area contributed by atoms with Gasteiger partial charge in [-0.2, -0.15) is 11.8 Å². The third-order valence-corrected chi connectivity index (χ3v) is 5.59. The Morgan fingerprint density at radius 1 is 1.59 bits per heavy atom. The summed E-state index contributed by atoms with van der Waals surface area (Å²) in [4.78, 5) is 4.04. The molecule has 0 aliphatic carbocycles. The lowest BCUT2D eigenvalue weighted by molar-refractivity contribution is 0.218. The number of rotatable bonds is 4. The van der Waals surface area contributed by atoms with E-state index in [0.717, 1.165) is 6.54 Å². The van der Waals surface area contributed by atoms with Crippen molar-refractivity contribution in [3.05, 3.63) is 21.9 Å². The van der Waals surface area contributed by atoms with Gasteiger partial charge in [0.25, 0.3) is 0 Å². The molecule has 0 spiro atoms. The predicted molar refractivity (Wildman–Crippen MR) is 79.2 cm³/mol.